The number of aliphatic hydroxyl groups is 2. The minimum Gasteiger partial charge on any atom is -0.459 e. The molecule has 0 spiro atoms. The number of methoxy groups -OCH3 is 1. The molecule has 12 nitrogen and oxygen atoms in total. The van der Waals surface area contributed by atoms with Gasteiger partial charge in [-0.05, 0) is 84.6 Å². The van der Waals surface area contributed by atoms with Gasteiger partial charge in [-0.1, -0.05) is 72.6 Å². The van der Waals surface area contributed by atoms with Crippen LogP contribution in [-0.2, 0) is 27.4 Å². The van der Waals surface area contributed by atoms with E-state index in [0.29, 0.717) is 35.6 Å². The van der Waals surface area contributed by atoms with Crippen LogP contribution in [0.4, 0.5) is 14.0 Å². The number of unbranched alkanes of at least 4 members (excludes halogenated alkanes) is 2. The number of fused-ring (bicyclic) bond motifs is 2. The number of ether oxygens (including phenoxy) is 4. The van der Waals surface area contributed by atoms with Crippen molar-refractivity contribution in [1.82, 2.24) is 10.2 Å². The average Bonchev–Trinajstić information content (AvgIpc) is 3.24. The van der Waals surface area contributed by atoms with Gasteiger partial charge in [0.1, 0.15) is 30.5 Å². The maximum atomic E-state index is 14.1. The van der Waals surface area contributed by atoms with Crippen molar-refractivity contribution >= 4 is 17.9 Å². The van der Waals surface area contributed by atoms with Crippen LogP contribution in [0.3, 0.4) is 0 Å². The summed E-state index contributed by atoms with van der Waals surface area (Å²) in [4.78, 5) is 34.2. The fourth-order valence-corrected chi connectivity index (χ4v) is 8.94. The number of amides is 2. The Hall–Kier alpha value is -5.24. The molecule has 0 aromatic heterocycles. The van der Waals surface area contributed by atoms with Crippen molar-refractivity contribution in [2.75, 3.05) is 34.0 Å². The number of hydrogen-bond acceptors (Lipinski definition) is 10. The van der Waals surface area contributed by atoms with Crippen LogP contribution in [0, 0.1) is 23.6 Å². The fraction of sp³-hybridized carbons (Fsp3) is 0.444. The number of carbonyl (C=O) groups is 2. The minimum absolute atomic E-state index is 0.0119. The van der Waals surface area contributed by atoms with Crippen LogP contribution in [-0.4, -0.2) is 78.9 Å². The number of hydrogen-bond donors (Lipinski definition) is 3. The van der Waals surface area contributed by atoms with Crippen molar-refractivity contribution in [1.29, 1.82) is 0 Å². The van der Waals surface area contributed by atoms with Crippen molar-refractivity contribution in [3.05, 3.63) is 120 Å². The molecule has 3 N–H and O–H groups in total. The molecule has 0 unspecified atom stereocenters. The lowest BCUT2D eigenvalue weighted by atomic mass is 9.55. The number of halogens is 1. The molecule has 2 aliphatic carbocycles. The highest BCUT2D eigenvalue weighted by molar-refractivity contribution is 6.03. The number of rotatable bonds is 18. The summed E-state index contributed by atoms with van der Waals surface area (Å²) in [5.41, 5.74) is 3.84. The molecule has 1 heterocycles. The van der Waals surface area contributed by atoms with Gasteiger partial charge in [-0.15, -0.1) is 6.58 Å². The van der Waals surface area contributed by atoms with Crippen LogP contribution >= 0.6 is 0 Å². The first-order valence-electron chi connectivity index (χ1n) is 20.0. The second-order valence-corrected chi connectivity index (χ2v) is 14.9. The van der Waals surface area contributed by atoms with Crippen molar-refractivity contribution in [3.8, 4) is 11.5 Å². The summed E-state index contributed by atoms with van der Waals surface area (Å²) >= 11 is 0. The second-order valence-electron chi connectivity index (χ2n) is 14.9. The van der Waals surface area contributed by atoms with Crippen LogP contribution in [0.2, 0.25) is 0 Å². The molecule has 6 rings (SSSR count). The van der Waals surface area contributed by atoms with E-state index in [1.165, 1.54) is 26.4 Å². The van der Waals surface area contributed by atoms with E-state index in [-0.39, 0.29) is 57.1 Å². The van der Waals surface area contributed by atoms with E-state index in [0.717, 1.165) is 42.4 Å². The molecule has 3 aromatic carbocycles. The molecule has 0 bridgehead atoms. The molecule has 0 radical (unpaired) electrons. The summed E-state index contributed by atoms with van der Waals surface area (Å²) in [6.45, 7) is 4.47. The average molecular weight is 800 g/mol. The third-order valence-corrected chi connectivity index (χ3v) is 11.4. The lowest BCUT2D eigenvalue weighted by Gasteiger charge is -2.59. The van der Waals surface area contributed by atoms with E-state index in [9.17, 15) is 24.2 Å². The van der Waals surface area contributed by atoms with Gasteiger partial charge < -0.3 is 39.3 Å². The monoisotopic (exact) mass is 799 g/mol. The largest absolute Gasteiger partial charge is 0.459 e. The summed E-state index contributed by atoms with van der Waals surface area (Å²) in [7, 11) is 2.78. The molecule has 2 amide bonds. The number of oxime groups is 1. The molecule has 3 aromatic rings. The SMILES string of the molecule is C=CCO[C@@]12Oc3ccc(OC(=O)NCc4ccccc4)cc3[C@H]3[C@H](CCCCO)[C@@H](CCCCO)C=C(C(=NOC)C[C@@H]1N(Cc1ccc(F)cc1)C(=O)OC)[C@H]32. The van der Waals surface area contributed by atoms with Gasteiger partial charge in [0.2, 0.25) is 5.79 Å². The van der Waals surface area contributed by atoms with Crippen molar-refractivity contribution in [2.45, 2.75) is 75.8 Å². The number of allylic oxidation sites excluding steroid dienone is 1. The van der Waals surface area contributed by atoms with E-state index in [2.05, 4.69) is 23.1 Å². The summed E-state index contributed by atoms with van der Waals surface area (Å²) < 4.78 is 39.4. The highest BCUT2D eigenvalue weighted by atomic mass is 19.1. The highest BCUT2D eigenvalue weighted by Crippen LogP contribution is 2.62. The third-order valence-electron chi connectivity index (χ3n) is 11.4. The Morgan fingerprint density at radius 3 is 2.43 bits per heavy atom. The zero-order valence-corrected chi connectivity index (χ0v) is 33.2. The Morgan fingerprint density at radius 1 is 1.00 bits per heavy atom. The molecule has 1 saturated carbocycles. The van der Waals surface area contributed by atoms with E-state index in [1.54, 1.807) is 35.2 Å². The van der Waals surface area contributed by atoms with Gasteiger partial charge in [-0.2, -0.15) is 0 Å². The number of carbonyl (C=O) groups excluding carboxylic acids is 2. The smallest absolute Gasteiger partial charge is 0.412 e. The Bertz CT molecular complexity index is 1920. The topological polar surface area (TPSA) is 148 Å². The van der Waals surface area contributed by atoms with Crippen LogP contribution in [0.1, 0.15) is 67.6 Å². The first-order valence-corrected chi connectivity index (χ1v) is 20.0. The molecular formula is C45H54FN3O9. The molecule has 1 fully saturated rings. The Kier molecular flexibility index (Phi) is 14.6. The zero-order valence-electron chi connectivity index (χ0n) is 33.2. The van der Waals surface area contributed by atoms with E-state index in [4.69, 9.17) is 23.8 Å². The normalized spacial score (nSPS) is 23.7. The Balaban J connectivity index is 1.52. The van der Waals surface area contributed by atoms with E-state index >= 15 is 0 Å². The molecule has 6 atom stereocenters. The summed E-state index contributed by atoms with van der Waals surface area (Å²) in [5.74, 6) is -2.07. The van der Waals surface area contributed by atoms with Gasteiger partial charge in [0.05, 0.1) is 25.3 Å². The van der Waals surface area contributed by atoms with Crippen LogP contribution in [0.15, 0.2) is 102 Å². The molecule has 1 aliphatic heterocycles. The van der Waals surface area contributed by atoms with E-state index in [1.807, 2.05) is 36.4 Å². The molecule has 13 heteroatoms. The highest BCUT2D eigenvalue weighted by Gasteiger charge is 2.65. The van der Waals surface area contributed by atoms with Gasteiger partial charge in [0.15, 0.2) is 0 Å². The first-order chi connectivity index (χ1) is 28.3. The summed E-state index contributed by atoms with van der Waals surface area (Å²) in [6, 6.07) is 19.9. The summed E-state index contributed by atoms with van der Waals surface area (Å²) in [6.07, 6.45) is 7.02. The van der Waals surface area contributed by atoms with Gasteiger partial charge in [0, 0.05) is 44.2 Å². The summed E-state index contributed by atoms with van der Waals surface area (Å²) in [5, 5.41) is 27.1. The van der Waals surface area contributed by atoms with Crippen LogP contribution < -0.4 is 14.8 Å². The fourth-order valence-electron chi connectivity index (χ4n) is 8.94. The quantitative estimate of drug-likeness (QED) is 0.0671. The van der Waals surface area contributed by atoms with Gasteiger partial charge in [-0.25, -0.2) is 14.0 Å². The van der Waals surface area contributed by atoms with Gasteiger partial charge >= 0.3 is 12.2 Å². The maximum Gasteiger partial charge on any atom is 0.412 e. The lowest BCUT2D eigenvalue weighted by molar-refractivity contribution is -0.256. The molecular weight excluding hydrogens is 746 g/mol. The maximum absolute atomic E-state index is 14.1. The molecule has 3 aliphatic rings. The van der Waals surface area contributed by atoms with Crippen molar-refractivity contribution in [2.24, 2.45) is 22.9 Å². The third kappa shape index (κ3) is 9.38. The molecule has 0 saturated heterocycles. The predicted octanol–water partition coefficient (Wildman–Crippen LogP) is 7.65. The van der Waals surface area contributed by atoms with Crippen LogP contribution in [0.5, 0.6) is 11.5 Å². The Labute approximate surface area is 339 Å². The van der Waals surface area contributed by atoms with Gasteiger partial charge in [0.25, 0.3) is 0 Å². The zero-order chi connectivity index (χ0) is 41.1. The molecule has 58 heavy (non-hydrogen) atoms. The second kappa shape index (κ2) is 20.0. The number of aliphatic hydroxyl groups excluding tert-OH is 2. The number of nitrogens with zero attached hydrogens (tertiary/aromatic N) is 2. The van der Waals surface area contributed by atoms with Crippen molar-refractivity contribution in [3.63, 3.8) is 0 Å². The Morgan fingerprint density at radius 2 is 1.74 bits per heavy atom. The van der Waals surface area contributed by atoms with E-state index < -0.39 is 35.8 Å². The molecule has 310 valence electrons. The standard InChI is InChI=1S/C45H54FN3O9/c1-4-24-56-45-40(49(44(53)54-2)29-31-16-18-33(46)19-17-31)27-38(48-55-3)36-25-32(14-8-10-22-50)35(15-9-11-23-51)41(42(36)45)37-26-34(20-21-39(37)58-45)57-43(52)47-28-30-12-6-5-7-13-30/h4-7,12-13,16-21,25-26,32,35,40-42,50-51H,1,8-11,14-15,22-24,27-29H2,2-3H3,(H,47,52)/t32-,35+,40-,41+,42+,45+/m0/s1. The first kappa shape index (κ1) is 42.4. The van der Waals surface area contributed by atoms with Gasteiger partial charge in [-0.3, -0.25) is 4.90 Å². The van der Waals surface area contributed by atoms with Crippen molar-refractivity contribution < 1.29 is 48.0 Å². The number of benzene rings is 3. The predicted molar refractivity (Wildman–Crippen MR) is 216 cm³/mol. The van der Waals surface area contributed by atoms with Crippen LogP contribution in [0.25, 0.3) is 0 Å². The number of nitrogens with one attached hydrogen (secondary N) is 1. The lowest BCUT2D eigenvalue weighted by Crippen LogP contribution is -2.70. The minimum atomic E-state index is -1.53.